The van der Waals surface area contributed by atoms with Gasteiger partial charge in [0.25, 0.3) is 0 Å². The number of rotatable bonds is 7. The summed E-state index contributed by atoms with van der Waals surface area (Å²) in [6.45, 7) is 1.51. The molecule has 1 aliphatic heterocycles. The van der Waals surface area contributed by atoms with Crippen LogP contribution in [-0.4, -0.2) is 61.3 Å². The number of nitrogens with zero attached hydrogens (tertiary/aromatic N) is 3. The molecule has 3 aromatic rings. The van der Waals surface area contributed by atoms with Gasteiger partial charge in [-0.05, 0) is 42.5 Å². The van der Waals surface area contributed by atoms with Crippen molar-refractivity contribution in [2.24, 2.45) is 0 Å². The molecule has 0 unspecified atom stereocenters. The van der Waals surface area contributed by atoms with E-state index < -0.39 is 10.0 Å². The van der Waals surface area contributed by atoms with Crippen molar-refractivity contribution in [2.75, 3.05) is 43.5 Å². The van der Waals surface area contributed by atoms with Crippen molar-refractivity contribution in [1.29, 1.82) is 0 Å². The first kappa shape index (κ1) is 21.0. The second-order valence-electron chi connectivity index (χ2n) is 6.91. The second-order valence-corrected chi connectivity index (χ2v) is 8.85. The Kier molecular flexibility index (Phi) is 6.31. The Labute approximate surface area is 180 Å². The van der Waals surface area contributed by atoms with E-state index >= 15 is 0 Å². The number of aromatic nitrogens is 2. The predicted molar refractivity (Wildman–Crippen MR) is 117 cm³/mol. The Morgan fingerprint density at radius 3 is 2.48 bits per heavy atom. The van der Waals surface area contributed by atoms with E-state index in [2.05, 4.69) is 15.7 Å². The molecule has 0 bridgehead atoms. The van der Waals surface area contributed by atoms with Crippen molar-refractivity contribution in [3.63, 3.8) is 0 Å². The summed E-state index contributed by atoms with van der Waals surface area (Å²) in [4.78, 5) is 12.6. The first-order valence-electron chi connectivity index (χ1n) is 9.85. The lowest BCUT2D eigenvalue weighted by Gasteiger charge is -2.26. The summed E-state index contributed by atoms with van der Waals surface area (Å²) in [6.07, 6.45) is 3.51. The number of para-hydroxylation sites is 2. The number of amides is 1. The first-order valence-corrected chi connectivity index (χ1v) is 11.3. The van der Waals surface area contributed by atoms with Crippen molar-refractivity contribution in [1.82, 2.24) is 14.1 Å². The number of carbonyl (C=O) groups excluding carboxylic acids is 1. The van der Waals surface area contributed by atoms with Gasteiger partial charge in [-0.2, -0.15) is 9.40 Å². The highest BCUT2D eigenvalue weighted by molar-refractivity contribution is 7.89. The van der Waals surface area contributed by atoms with Crippen LogP contribution < -0.4 is 10.6 Å². The van der Waals surface area contributed by atoms with Gasteiger partial charge in [0.2, 0.25) is 15.9 Å². The number of morpholine rings is 1. The third kappa shape index (κ3) is 4.93. The van der Waals surface area contributed by atoms with Crippen LogP contribution in [0.15, 0.2) is 71.9 Å². The van der Waals surface area contributed by atoms with Gasteiger partial charge in [-0.3, -0.25) is 4.79 Å². The van der Waals surface area contributed by atoms with Crippen molar-refractivity contribution >= 4 is 27.3 Å². The monoisotopic (exact) mass is 441 g/mol. The summed E-state index contributed by atoms with van der Waals surface area (Å²) in [5.74, 6) is -0.251. The number of anilines is 2. The van der Waals surface area contributed by atoms with Gasteiger partial charge in [-0.25, -0.2) is 13.1 Å². The first-order chi connectivity index (χ1) is 15.0. The van der Waals surface area contributed by atoms with Gasteiger partial charge in [-0.15, -0.1) is 0 Å². The average molecular weight is 442 g/mol. The fourth-order valence-corrected chi connectivity index (χ4v) is 4.67. The quantitative estimate of drug-likeness (QED) is 0.581. The summed E-state index contributed by atoms with van der Waals surface area (Å²) < 4.78 is 33.7. The molecule has 0 radical (unpaired) electrons. The molecule has 31 heavy (non-hydrogen) atoms. The Morgan fingerprint density at radius 2 is 1.77 bits per heavy atom. The number of hydrogen-bond acceptors (Lipinski definition) is 6. The van der Waals surface area contributed by atoms with Gasteiger partial charge < -0.3 is 15.4 Å². The molecule has 162 valence electrons. The molecular formula is C21H23N5O4S. The maximum atomic E-state index is 12.7. The zero-order valence-electron chi connectivity index (χ0n) is 16.8. The largest absolute Gasteiger partial charge is 0.379 e. The van der Waals surface area contributed by atoms with Crippen LogP contribution in [0.2, 0.25) is 0 Å². The second kappa shape index (κ2) is 9.29. The van der Waals surface area contributed by atoms with Crippen LogP contribution in [-0.2, 0) is 19.6 Å². The number of sulfonamides is 1. The van der Waals surface area contributed by atoms with Crippen LogP contribution in [0.4, 0.5) is 11.4 Å². The number of carbonyl (C=O) groups is 1. The van der Waals surface area contributed by atoms with E-state index in [0.29, 0.717) is 32.0 Å². The molecule has 0 spiro atoms. The Bertz CT molecular complexity index is 1120. The average Bonchev–Trinajstić information content (AvgIpc) is 3.34. The molecule has 1 aliphatic rings. The molecule has 1 amide bonds. The molecule has 1 fully saturated rings. The van der Waals surface area contributed by atoms with Crippen LogP contribution >= 0.6 is 0 Å². The number of ether oxygens (including phenoxy) is 1. The minimum Gasteiger partial charge on any atom is -0.379 e. The number of benzene rings is 2. The smallest absolute Gasteiger partial charge is 0.243 e. The van der Waals surface area contributed by atoms with Crippen LogP contribution in [0.5, 0.6) is 0 Å². The van der Waals surface area contributed by atoms with E-state index in [1.165, 1.54) is 16.4 Å². The fourth-order valence-electron chi connectivity index (χ4n) is 3.26. The molecule has 0 atom stereocenters. The molecule has 1 aromatic heterocycles. The zero-order valence-corrected chi connectivity index (χ0v) is 17.6. The SMILES string of the molecule is O=C(CNc1ccccc1-n1cccn1)Nc1ccc(S(=O)(=O)N2CCOCC2)cc1. The fraction of sp³-hybridized carbons (Fsp3) is 0.238. The van der Waals surface area contributed by atoms with E-state index in [-0.39, 0.29) is 17.3 Å². The maximum absolute atomic E-state index is 12.7. The lowest BCUT2D eigenvalue weighted by atomic mass is 10.2. The van der Waals surface area contributed by atoms with E-state index in [0.717, 1.165) is 11.4 Å². The Morgan fingerprint density at radius 1 is 1.03 bits per heavy atom. The minimum absolute atomic E-state index is 0.0477. The van der Waals surface area contributed by atoms with Gasteiger partial charge in [0.15, 0.2) is 0 Å². The maximum Gasteiger partial charge on any atom is 0.243 e. The van der Waals surface area contributed by atoms with Crippen LogP contribution in [0, 0.1) is 0 Å². The molecule has 10 heteroatoms. The molecule has 9 nitrogen and oxygen atoms in total. The standard InChI is InChI=1S/C21H23N5O4S/c27-21(16-22-19-4-1-2-5-20(19)26-11-3-10-23-26)24-17-6-8-18(9-7-17)31(28,29)25-12-14-30-15-13-25/h1-11,22H,12-16H2,(H,24,27). The van der Waals surface area contributed by atoms with E-state index in [4.69, 9.17) is 4.74 Å². The molecule has 4 rings (SSSR count). The van der Waals surface area contributed by atoms with Crippen LogP contribution in [0.1, 0.15) is 0 Å². The van der Waals surface area contributed by atoms with E-state index in [1.54, 1.807) is 23.0 Å². The molecule has 2 aromatic carbocycles. The molecule has 1 saturated heterocycles. The molecular weight excluding hydrogens is 418 g/mol. The minimum atomic E-state index is -3.56. The lowest BCUT2D eigenvalue weighted by Crippen LogP contribution is -2.40. The highest BCUT2D eigenvalue weighted by atomic mass is 32.2. The Hall–Kier alpha value is -3.21. The Balaban J connectivity index is 1.37. The lowest BCUT2D eigenvalue weighted by molar-refractivity contribution is -0.114. The summed E-state index contributed by atoms with van der Waals surface area (Å²) in [7, 11) is -3.56. The predicted octanol–water partition coefficient (Wildman–Crippen LogP) is 1.94. The topological polar surface area (TPSA) is 106 Å². The van der Waals surface area contributed by atoms with Gasteiger partial charge in [0, 0.05) is 31.2 Å². The third-order valence-corrected chi connectivity index (χ3v) is 6.75. The van der Waals surface area contributed by atoms with Gasteiger partial charge >= 0.3 is 0 Å². The van der Waals surface area contributed by atoms with E-state index in [9.17, 15) is 13.2 Å². The normalized spacial score (nSPS) is 14.8. The van der Waals surface area contributed by atoms with Gasteiger partial charge in [0.05, 0.1) is 36.0 Å². The van der Waals surface area contributed by atoms with Gasteiger partial charge in [0.1, 0.15) is 0 Å². The van der Waals surface area contributed by atoms with Crippen LogP contribution in [0.25, 0.3) is 5.69 Å². The van der Waals surface area contributed by atoms with Gasteiger partial charge in [-0.1, -0.05) is 12.1 Å². The van der Waals surface area contributed by atoms with Crippen molar-refractivity contribution in [3.8, 4) is 5.69 Å². The van der Waals surface area contributed by atoms with Crippen molar-refractivity contribution < 1.29 is 17.9 Å². The summed E-state index contributed by atoms with van der Waals surface area (Å²) in [5, 5.41) is 10.1. The third-order valence-electron chi connectivity index (χ3n) is 4.84. The highest BCUT2D eigenvalue weighted by Crippen LogP contribution is 2.20. The summed E-state index contributed by atoms with van der Waals surface area (Å²) >= 11 is 0. The highest BCUT2D eigenvalue weighted by Gasteiger charge is 2.26. The van der Waals surface area contributed by atoms with Crippen molar-refractivity contribution in [3.05, 3.63) is 67.0 Å². The van der Waals surface area contributed by atoms with Crippen LogP contribution in [0.3, 0.4) is 0 Å². The molecule has 2 heterocycles. The number of hydrogen-bond donors (Lipinski definition) is 2. The molecule has 2 N–H and O–H groups in total. The van der Waals surface area contributed by atoms with Crippen molar-refractivity contribution in [2.45, 2.75) is 4.90 Å². The summed E-state index contributed by atoms with van der Waals surface area (Å²) in [5.41, 5.74) is 2.12. The molecule has 0 saturated carbocycles. The summed E-state index contributed by atoms with van der Waals surface area (Å²) in [6, 6.07) is 15.5. The zero-order chi connectivity index (χ0) is 21.7. The van der Waals surface area contributed by atoms with E-state index in [1.807, 2.05) is 36.5 Å². The molecule has 0 aliphatic carbocycles. The number of nitrogens with one attached hydrogen (secondary N) is 2.